The van der Waals surface area contributed by atoms with E-state index in [2.05, 4.69) is 20.9 Å². The summed E-state index contributed by atoms with van der Waals surface area (Å²) in [5.74, 6) is 0.177. The Morgan fingerprint density at radius 2 is 2.00 bits per heavy atom. The second-order valence-corrected chi connectivity index (χ2v) is 5.86. The van der Waals surface area contributed by atoms with Crippen molar-refractivity contribution in [2.24, 2.45) is 4.99 Å². The van der Waals surface area contributed by atoms with Crippen LogP contribution >= 0.6 is 15.9 Å². The maximum atomic E-state index is 12.4. The van der Waals surface area contributed by atoms with Gasteiger partial charge in [0, 0.05) is 4.47 Å². The lowest BCUT2D eigenvalue weighted by Crippen LogP contribution is -2.38. The van der Waals surface area contributed by atoms with Crippen molar-refractivity contribution in [3.8, 4) is 0 Å². The van der Waals surface area contributed by atoms with Crippen molar-refractivity contribution >= 4 is 28.2 Å². The van der Waals surface area contributed by atoms with Crippen LogP contribution in [-0.4, -0.2) is 22.7 Å². The molecule has 0 saturated heterocycles. The molecule has 0 N–H and O–H groups in total. The predicted molar refractivity (Wildman–Crippen MR) is 74.4 cm³/mol. The van der Waals surface area contributed by atoms with Crippen LogP contribution in [0.2, 0.25) is 0 Å². The molecule has 0 atom stereocenters. The smallest absolute Gasteiger partial charge is 0.255 e. The highest BCUT2D eigenvalue weighted by Crippen LogP contribution is 2.37. The van der Waals surface area contributed by atoms with Crippen molar-refractivity contribution in [3.05, 3.63) is 34.3 Å². The van der Waals surface area contributed by atoms with Crippen LogP contribution in [0.3, 0.4) is 0 Å². The van der Waals surface area contributed by atoms with Gasteiger partial charge in [-0.25, -0.2) is 0 Å². The molecule has 1 heterocycles. The molecule has 1 saturated carbocycles. The molecule has 1 spiro atoms. The van der Waals surface area contributed by atoms with E-state index >= 15 is 0 Å². The number of nitrogens with zero attached hydrogens (tertiary/aromatic N) is 2. The number of hydrogen-bond donors (Lipinski definition) is 0. The Kier molecular flexibility index (Phi) is 2.98. The van der Waals surface area contributed by atoms with Crippen molar-refractivity contribution in [3.63, 3.8) is 0 Å². The molecule has 2 aliphatic rings. The van der Waals surface area contributed by atoms with E-state index in [1.165, 1.54) is 0 Å². The zero-order valence-electron chi connectivity index (χ0n) is 10.1. The van der Waals surface area contributed by atoms with Gasteiger partial charge in [-0.05, 0) is 24.5 Å². The molecule has 1 amide bonds. The topological polar surface area (TPSA) is 32.7 Å². The molecule has 0 aromatic heterocycles. The lowest BCUT2D eigenvalue weighted by atomic mass is 9.98. The average molecular weight is 307 g/mol. The van der Waals surface area contributed by atoms with Gasteiger partial charge in [-0.2, -0.15) is 0 Å². The van der Waals surface area contributed by atoms with Crippen LogP contribution in [-0.2, 0) is 11.3 Å². The first kappa shape index (κ1) is 11.9. The van der Waals surface area contributed by atoms with E-state index < -0.39 is 5.54 Å². The molecule has 3 rings (SSSR count). The van der Waals surface area contributed by atoms with Crippen LogP contribution in [0.1, 0.15) is 31.2 Å². The third-order valence-electron chi connectivity index (χ3n) is 3.83. The largest absolute Gasteiger partial charge is 0.297 e. The second-order valence-electron chi connectivity index (χ2n) is 5.01. The van der Waals surface area contributed by atoms with Gasteiger partial charge >= 0.3 is 0 Å². The first-order valence-corrected chi connectivity index (χ1v) is 7.10. The number of amides is 1. The second kappa shape index (κ2) is 4.50. The fourth-order valence-corrected chi connectivity index (χ4v) is 3.19. The molecule has 94 valence electrons. The third-order valence-corrected chi connectivity index (χ3v) is 4.61. The van der Waals surface area contributed by atoms with Crippen molar-refractivity contribution in [2.75, 3.05) is 0 Å². The van der Waals surface area contributed by atoms with Crippen molar-refractivity contribution in [1.82, 2.24) is 4.90 Å². The molecule has 3 nitrogen and oxygen atoms in total. The summed E-state index contributed by atoms with van der Waals surface area (Å²) in [4.78, 5) is 18.7. The standard InChI is InChI=1S/C14H15BrN2O/c15-12-6-2-1-5-11(12)9-17-10-16-14(13(17)18)7-3-4-8-14/h1-2,5-6,10H,3-4,7-9H2. The van der Waals surface area contributed by atoms with Crippen molar-refractivity contribution in [2.45, 2.75) is 37.8 Å². The van der Waals surface area contributed by atoms with E-state index in [1.54, 1.807) is 11.2 Å². The molecule has 1 aromatic rings. The number of carbonyl (C=O) groups excluding carboxylic acids is 1. The van der Waals surface area contributed by atoms with Gasteiger partial charge in [0.25, 0.3) is 5.91 Å². The summed E-state index contributed by atoms with van der Waals surface area (Å²) in [6, 6.07) is 8.00. The van der Waals surface area contributed by atoms with Gasteiger partial charge < -0.3 is 0 Å². The predicted octanol–water partition coefficient (Wildman–Crippen LogP) is 3.13. The van der Waals surface area contributed by atoms with Gasteiger partial charge in [-0.15, -0.1) is 0 Å². The van der Waals surface area contributed by atoms with Gasteiger partial charge in [-0.3, -0.25) is 14.7 Å². The zero-order chi connectivity index (χ0) is 12.6. The zero-order valence-corrected chi connectivity index (χ0v) is 11.7. The maximum absolute atomic E-state index is 12.4. The Morgan fingerprint density at radius 3 is 2.72 bits per heavy atom. The Balaban J connectivity index is 1.78. The molecular weight excluding hydrogens is 292 g/mol. The SMILES string of the molecule is O=C1N(Cc2ccccc2Br)C=NC12CCCC2. The molecule has 1 aliphatic carbocycles. The van der Waals surface area contributed by atoms with Crippen molar-refractivity contribution < 1.29 is 4.79 Å². The van der Waals surface area contributed by atoms with Crippen LogP contribution in [0.5, 0.6) is 0 Å². The highest BCUT2D eigenvalue weighted by Gasteiger charge is 2.46. The maximum Gasteiger partial charge on any atom is 0.255 e. The summed E-state index contributed by atoms with van der Waals surface area (Å²) in [5.41, 5.74) is 0.702. The Bertz CT molecular complexity index is 506. The van der Waals surface area contributed by atoms with Crippen molar-refractivity contribution in [1.29, 1.82) is 0 Å². The van der Waals surface area contributed by atoms with E-state index in [1.807, 2.05) is 24.3 Å². The van der Waals surface area contributed by atoms with Crippen LogP contribution in [0.15, 0.2) is 33.7 Å². The van der Waals surface area contributed by atoms with Gasteiger partial charge in [0.15, 0.2) is 0 Å². The van der Waals surface area contributed by atoms with E-state index in [-0.39, 0.29) is 5.91 Å². The van der Waals surface area contributed by atoms with Gasteiger partial charge in [0.1, 0.15) is 5.54 Å². The number of halogens is 1. The fraction of sp³-hybridized carbons (Fsp3) is 0.429. The highest BCUT2D eigenvalue weighted by atomic mass is 79.9. The third kappa shape index (κ3) is 1.88. The average Bonchev–Trinajstić information content (AvgIpc) is 2.96. The molecule has 1 aliphatic heterocycles. The van der Waals surface area contributed by atoms with E-state index in [4.69, 9.17) is 0 Å². The Hall–Kier alpha value is -1.16. The van der Waals surface area contributed by atoms with Crippen LogP contribution in [0.25, 0.3) is 0 Å². The summed E-state index contributed by atoms with van der Waals surface area (Å²) in [6.07, 6.45) is 5.79. The van der Waals surface area contributed by atoms with E-state index in [0.717, 1.165) is 35.7 Å². The quantitative estimate of drug-likeness (QED) is 0.826. The first-order valence-electron chi connectivity index (χ1n) is 6.31. The molecule has 1 fully saturated rings. The number of aliphatic imine (C=N–C) groups is 1. The fourth-order valence-electron chi connectivity index (χ4n) is 2.78. The minimum atomic E-state index is -0.415. The summed E-state index contributed by atoms with van der Waals surface area (Å²) in [5, 5.41) is 0. The summed E-state index contributed by atoms with van der Waals surface area (Å²) < 4.78 is 1.04. The number of rotatable bonds is 2. The van der Waals surface area contributed by atoms with E-state index in [9.17, 15) is 4.79 Å². The number of benzene rings is 1. The molecule has 18 heavy (non-hydrogen) atoms. The first-order chi connectivity index (χ1) is 8.71. The Labute approximate surface area is 115 Å². The summed E-state index contributed by atoms with van der Waals surface area (Å²) in [7, 11) is 0. The van der Waals surface area contributed by atoms with Crippen LogP contribution < -0.4 is 0 Å². The van der Waals surface area contributed by atoms with Crippen LogP contribution in [0, 0.1) is 0 Å². The van der Waals surface area contributed by atoms with Gasteiger partial charge in [0.2, 0.25) is 0 Å². The number of carbonyl (C=O) groups is 1. The summed E-state index contributed by atoms with van der Waals surface area (Å²) >= 11 is 3.52. The van der Waals surface area contributed by atoms with Crippen LogP contribution in [0.4, 0.5) is 0 Å². The van der Waals surface area contributed by atoms with Gasteiger partial charge in [0.05, 0.1) is 12.9 Å². The highest BCUT2D eigenvalue weighted by molar-refractivity contribution is 9.10. The molecule has 0 radical (unpaired) electrons. The Morgan fingerprint density at radius 1 is 1.28 bits per heavy atom. The lowest BCUT2D eigenvalue weighted by Gasteiger charge is -2.21. The molecule has 4 heteroatoms. The van der Waals surface area contributed by atoms with E-state index in [0.29, 0.717) is 6.54 Å². The lowest BCUT2D eigenvalue weighted by molar-refractivity contribution is -0.131. The molecule has 0 unspecified atom stereocenters. The monoisotopic (exact) mass is 306 g/mol. The molecule has 0 bridgehead atoms. The van der Waals surface area contributed by atoms with Gasteiger partial charge in [-0.1, -0.05) is 47.0 Å². The molecule has 1 aromatic carbocycles. The number of hydrogen-bond acceptors (Lipinski definition) is 2. The molecular formula is C14H15BrN2O. The summed E-state index contributed by atoms with van der Waals surface area (Å²) in [6.45, 7) is 0.603. The minimum absolute atomic E-state index is 0.177. The normalized spacial score (nSPS) is 21.2. The minimum Gasteiger partial charge on any atom is -0.297 e.